The molecule has 0 amide bonds. The molecule has 0 spiro atoms. The van der Waals surface area contributed by atoms with Gasteiger partial charge in [0.25, 0.3) is 0 Å². The highest BCUT2D eigenvalue weighted by atomic mass is 16.3. The normalized spacial score (nSPS) is 15.7. The maximum absolute atomic E-state index is 9.50. The molecule has 0 aliphatic rings. The number of hydrogen-bond donors (Lipinski definition) is 0. The van der Waals surface area contributed by atoms with E-state index < -0.39 is 66.5 Å². The molecule has 0 N–H and O–H groups in total. The van der Waals surface area contributed by atoms with Gasteiger partial charge in [0.15, 0.2) is 0 Å². The lowest BCUT2D eigenvalue weighted by atomic mass is 9.84. The van der Waals surface area contributed by atoms with E-state index in [0.717, 1.165) is 21.7 Å². The topological polar surface area (TPSA) is 13.1 Å². The Morgan fingerprint density at radius 1 is 0.439 bits per heavy atom. The van der Waals surface area contributed by atoms with Crippen molar-refractivity contribution in [2.45, 2.75) is 0 Å². The van der Waals surface area contributed by atoms with Crippen LogP contribution in [0.3, 0.4) is 0 Å². The zero-order chi connectivity index (χ0) is 36.5. The van der Waals surface area contributed by atoms with Gasteiger partial charge in [-0.05, 0) is 84.0 Å². The van der Waals surface area contributed by atoms with Gasteiger partial charge in [-0.2, -0.15) is 0 Å². The standard InChI is InChI=1S/C40H24O/c1-2-12-27(13-3-1)37-33(21-23-36-40(37)39-30-16-8-5-11-26(30)19-22-35(39)41-36)38-31-17-9-6-14-28(31)24-34-29-15-7-4-10-25(29)18-20-32(34)38/h1-24H/i4D,6D,7D,9D,10D,14D,15D,17D,18D,20D,24D. The minimum Gasteiger partial charge on any atom is -0.456 e. The SMILES string of the molecule is [2H]c1c([2H])c([2H])c2c([2H])c3c(c([2H])c([2H])c4c([2H])c([2H])c([2H])c([2H])c43)c(-c3ccc4oc5ccc6ccccc6c5c4c3-c3ccccc3)c2c1[2H]. The van der Waals surface area contributed by atoms with Crippen LogP contribution in [0.1, 0.15) is 15.1 Å². The van der Waals surface area contributed by atoms with Gasteiger partial charge in [0.05, 0.1) is 15.1 Å². The Labute approximate surface area is 252 Å². The van der Waals surface area contributed by atoms with Crippen LogP contribution < -0.4 is 0 Å². The third-order valence-corrected chi connectivity index (χ3v) is 7.80. The van der Waals surface area contributed by atoms with Crippen molar-refractivity contribution in [1.82, 2.24) is 0 Å². The number of fused-ring (bicyclic) bond motifs is 9. The molecule has 1 heterocycles. The summed E-state index contributed by atoms with van der Waals surface area (Å²) in [5, 5.41) is 2.68. The van der Waals surface area contributed by atoms with Crippen LogP contribution in [0.5, 0.6) is 0 Å². The van der Waals surface area contributed by atoms with Crippen LogP contribution in [0.15, 0.2) is 150 Å². The first-order valence-corrected chi connectivity index (χ1v) is 13.2. The Morgan fingerprint density at radius 2 is 1.17 bits per heavy atom. The molecule has 9 aromatic rings. The lowest BCUT2D eigenvalue weighted by Crippen LogP contribution is -1.91. The van der Waals surface area contributed by atoms with Gasteiger partial charge in [0, 0.05) is 16.3 Å². The van der Waals surface area contributed by atoms with Crippen LogP contribution >= 0.6 is 0 Å². The van der Waals surface area contributed by atoms with Gasteiger partial charge in [0.2, 0.25) is 0 Å². The summed E-state index contributed by atoms with van der Waals surface area (Å²) in [5.41, 5.74) is 3.11. The largest absolute Gasteiger partial charge is 0.456 e. The Hall–Kier alpha value is -5.40. The van der Waals surface area contributed by atoms with Crippen molar-refractivity contribution in [2.24, 2.45) is 0 Å². The summed E-state index contributed by atoms with van der Waals surface area (Å²) >= 11 is 0. The van der Waals surface area contributed by atoms with E-state index in [9.17, 15) is 4.11 Å². The second-order valence-corrected chi connectivity index (χ2v) is 9.99. The van der Waals surface area contributed by atoms with E-state index in [1.807, 2.05) is 66.7 Å². The monoisotopic (exact) mass is 531 g/mol. The molecule has 190 valence electrons. The lowest BCUT2D eigenvalue weighted by Gasteiger charge is -2.18. The molecule has 9 rings (SSSR count). The van der Waals surface area contributed by atoms with Gasteiger partial charge in [0.1, 0.15) is 11.2 Å². The third kappa shape index (κ3) is 3.24. The fourth-order valence-corrected chi connectivity index (χ4v) is 6.07. The maximum atomic E-state index is 9.50. The molecule has 0 unspecified atom stereocenters. The zero-order valence-electron chi connectivity index (χ0n) is 32.4. The van der Waals surface area contributed by atoms with Crippen molar-refractivity contribution in [1.29, 1.82) is 0 Å². The minimum absolute atomic E-state index is 0.0285. The number of hydrogen-bond acceptors (Lipinski definition) is 1. The first-order chi connectivity index (χ1) is 24.9. The molecule has 0 fully saturated rings. The summed E-state index contributed by atoms with van der Waals surface area (Å²) in [6.07, 6.45) is 0. The molecular formula is C40H24O. The van der Waals surface area contributed by atoms with Gasteiger partial charge in [-0.25, -0.2) is 0 Å². The highest BCUT2D eigenvalue weighted by Crippen LogP contribution is 2.48. The summed E-state index contributed by atoms with van der Waals surface area (Å²) in [7, 11) is 0. The van der Waals surface area contributed by atoms with Crippen LogP contribution in [0.25, 0.3) is 87.3 Å². The summed E-state index contributed by atoms with van der Waals surface area (Å²) in [6, 6.07) is 19.1. The molecule has 8 aromatic carbocycles. The summed E-state index contributed by atoms with van der Waals surface area (Å²) in [4.78, 5) is 0. The second kappa shape index (κ2) is 8.55. The molecule has 0 aliphatic carbocycles. The van der Waals surface area contributed by atoms with Gasteiger partial charge in [-0.1, -0.05) is 121 Å². The number of benzene rings is 8. The van der Waals surface area contributed by atoms with Crippen molar-refractivity contribution in [3.8, 4) is 22.3 Å². The summed E-state index contributed by atoms with van der Waals surface area (Å²) in [6.45, 7) is 0. The maximum Gasteiger partial charge on any atom is 0.136 e. The molecule has 1 nitrogen and oxygen atoms in total. The molecule has 1 aromatic heterocycles. The first kappa shape index (κ1) is 14.3. The van der Waals surface area contributed by atoms with Gasteiger partial charge >= 0.3 is 0 Å². The molecule has 0 saturated carbocycles. The number of rotatable bonds is 2. The average molecular weight is 532 g/mol. The van der Waals surface area contributed by atoms with Crippen LogP contribution in [0.4, 0.5) is 0 Å². The van der Waals surface area contributed by atoms with Gasteiger partial charge in [-0.15, -0.1) is 0 Å². The fourth-order valence-electron chi connectivity index (χ4n) is 6.07. The van der Waals surface area contributed by atoms with Crippen molar-refractivity contribution >= 4 is 65.0 Å². The summed E-state index contributed by atoms with van der Waals surface area (Å²) < 4.78 is 105. The highest BCUT2D eigenvalue weighted by Gasteiger charge is 2.22. The van der Waals surface area contributed by atoms with Crippen LogP contribution in [-0.4, -0.2) is 0 Å². The van der Waals surface area contributed by atoms with E-state index in [-0.39, 0.29) is 37.9 Å². The van der Waals surface area contributed by atoms with Crippen molar-refractivity contribution in [3.63, 3.8) is 0 Å². The fraction of sp³-hybridized carbons (Fsp3) is 0. The van der Waals surface area contributed by atoms with E-state index in [0.29, 0.717) is 27.7 Å². The predicted octanol–water partition coefficient (Wildman–Crippen LogP) is 11.5. The van der Waals surface area contributed by atoms with Crippen LogP contribution in [0, 0.1) is 0 Å². The molecule has 0 saturated heterocycles. The molecule has 0 radical (unpaired) electrons. The van der Waals surface area contributed by atoms with Crippen molar-refractivity contribution in [2.75, 3.05) is 0 Å². The number of furan rings is 1. The van der Waals surface area contributed by atoms with Gasteiger partial charge in [-0.3, -0.25) is 0 Å². The zero-order valence-corrected chi connectivity index (χ0v) is 21.4. The van der Waals surface area contributed by atoms with Crippen LogP contribution in [0.2, 0.25) is 0 Å². The Kier molecular flexibility index (Phi) is 2.98. The third-order valence-electron chi connectivity index (χ3n) is 7.80. The van der Waals surface area contributed by atoms with E-state index >= 15 is 0 Å². The summed E-state index contributed by atoms with van der Waals surface area (Å²) in [5.74, 6) is 0. The average Bonchev–Trinajstić information content (AvgIpc) is 3.55. The molecule has 41 heavy (non-hydrogen) atoms. The minimum atomic E-state index is -0.588. The predicted molar refractivity (Wildman–Crippen MR) is 175 cm³/mol. The van der Waals surface area contributed by atoms with Crippen LogP contribution in [-0.2, 0) is 0 Å². The van der Waals surface area contributed by atoms with Crippen molar-refractivity contribution in [3.05, 3.63) is 145 Å². The molecule has 0 atom stereocenters. The molecular weight excluding hydrogens is 496 g/mol. The Morgan fingerprint density at radius 3 is 2.07 bits per heavy atom. The first-order valence-electron chi connectivity index (χ1n) is 18.7. The van der Waals surface area contributed by atoms with E-state index in [1.165, 1.54) is 0 Å². The van der Waals surface area contributed by atoms with Crippen molar-refractivity contribution < 1.29 is 19.5 Å². The highest BCUT2D eigenvalue weighted by molar-refractivity contribution is 6.27. The van der Waals surface area contributed by atoms with E-state index in [4.69, 9.17) is 15.4 Å². The quantitative estimate of drug-likeness (QED) is 0.160. The Balaban J connectivity index is 1.65. The van der Waals surface area contributed by atoms with Gasteiger partial charge < -0.3 is 4.42 Å². The smallest absolute Gasteiger partial charge is 0.136 e. The molecule has 0 bridgehead atoms. The van der Waals surface area contributed by atoms with E-state index in [1.54, 1.807) is 12.1 Å². The molecule has 0 aliphatic heterocycles. The molecule has 1 heteroatoms. The van der Waals surface area contributed by atoms with E-state index in [2.05, 4.69) is 0 Å². The lowest BCUT2D eigenvalue weighted by molar-refractivity contribution is 0.669. The Bertz CT molecular complexity index is 3080. The second-order valence-electron chi connectivity index (χ2n) is 9.99.